The number of ketones is 1. The number of thioether (sulfide) groups is 1. The molecule has 1 saturated heterocycles. The second kappa shape index (κ2) is 7.01. The number of amides is 1. The summed E-state index contributed by atoms with van der Waals surface area (Å²) in [6.45, 7) is 2.00. The molecule has 1 aliphatic rings. The van der Waals surface area contributed by atoms with Gasteiger partial charge in [0.2, 0.25) is 5.91 Å². The molecule has 0 radical (unpaired) electrons. The van der Waals surface area contributed by atoms with Crippen LogP contribution in [-0.4, -0.2) is 22.3 Å². The third-order valence-electron chi connectivity index (χ3n) is 3.86. The van der Waals surface area contributed by atoms with Crippen LogP contribution in [0.5, 0.6) is 0 Å². The standard InChI is InChI=1S/C19H16FNO2S/c1-13-6-2-4-8-15(13)17(22)10-19-21(18(23)12-24-19)11-14-7-3-5-9-16(14)20/h2-10H,11-12H2,1H3/b19-10-. The Bertz CT molecular complexity index is 832. The Hall–Kier alpha value is -2.40. The highest BCUT2D eigenvalue weighted by Gasteiger charge is 2.28. The minimum atomic E-state index is -0.355. The van der Waals surface area contributed by atoms with Crippen molar-refractivity contribution in [3.05, 3.63) is 82.1 Å². The molecule has 1 aliphatic heterocycles. The topological polar surface area (TPSA) is 37.4 Å². The number of nitrogens with zero attached hydrogens (tertiary/aromatic N) is 1. The highest BCUT2D eigenvalue weighted by molar-refractivity contribution is 8.04. The Balaban J connectivity index is 1.86. The number of benzene rings is 2. The molecular weight excluding hydrogens is 325 g/mol. The number of allylic oxidation sites excluding steroid dienone is 1. The van der Waals surface area contributed by atoms with Crippen LogP contribution < -0.4 is 0 Å². The first kappa shape index (κ1) is 16.5. The summed E-state index contributed by atoms with van der Waals surface area (Å²) in [5.41, 5.74) is 1.92. The van der Waals surface area contributed by atoms with Gasteiger partial charge in [-0.3, -0.25) is 9.59 Å². The lowest BCUT2D eigenvalue weighted by Gasteiger charge is -2.17. The van der Waals surface area contributed by atoms with E-state index in [1.165, 1.54) is 28.8 Å². The van der Waals surface area contributed by atoms with Crippen LogP contribution in [0.2, 0.25) is 0 Å². The number of hydrogen-bond donors (Lipinski definition) is 0. The average molecular weight is 341 g/mol. The molecule has 0 bridgehead atoms. The Morgan fingerprint density at radius 2 is 1.92 bits per heavy atom. The van der Waals surface area contributed by atoms with E-state index in [2.05, 4.69) is 0 Å². The van der Waals surface area contributed by atoms with Gasteiger partial charge in [-0.05, 0) is 18.6 Å². The molecule has 1 fully saturated rings. The number of rotatable bonds is 4. The van der Waals surface area contributed by atoms with Crippen LogP contribution >= 0.6 is 11.8 Å². The summed E-state index contributed by atoms with van der Waals surface area (Å²) in [6.07, 6.45) is 1.47. The van der Waals surface area contributed by atoms with Crippen LogP contribution in [0.25, 0.3) is 0 Å². The van der Waals surface area contributed by atoms with E-state index in [-0.39, 0.29) is 29.8 Å². The van der Waals surface area contributed by atoms with Gasteiger partial charge in [-0.25, -0.2) is 4.39 Å². The maximum absolute atomic E-state index is 13.8. The lowest BCUT2D eigenvalue weighted by Crippen LogP contribution is -2.25. The largest absolute Gasteiger partial charge is 0.301 e. The molecule has 0 unspecified atom stereocenters. The molecule has 0 atom stereocenters. The molecule has 1 amide bonds. The third-order valence-corrected chi connectivity index (χ3v) is 4.89. The van der Waals surface area contributed by atoms with Gasteiger partial charge in [0.1, 0.15) is 5.82 Å². The summed E-state index contributed by atoms with van der Waals surface area (Å²) >= 11 is 1.31. The normalized spacial score (nSPS) is 16.0. The van der Waals surface area contributed by atoms with Gasteiger partial charge in [0.05, 0.1) is 17.3 Å². The maximum atomic E-state index is 13.8. The van der Waals surface area contributed by atoms with Crippen molar-refractivity contribution >= 4 is 23.5 Å². The maximum Gasteiger partial charge on any atom is 0.238 e. The van der Waals surface area contributed by atoms with Crippen molar-refractivity contribution in [1.82, 2.24) is 4.90 Å². The quantitative estimate of drug-likeness (QED) is 0.624. The van der Waals surface area contributed by atoms with Crippen LogP contribution in [0.4, 0.5) is 4.39 Å². The van der Waals surface area contributed by atoms with Crippen molar-refractivity contribution in [3.63, 3.8) is 0 Å². The zero-order chi connectivity index (χ0) is 17.1. The zero-order valence-corrected chi connectivity index (χ0v) is 14.0. The lowest BCUT2D eigenvalue weighted by atomic mass is 10.1. The number of halogens is 1. The molecule has 0 spiro atoms. The summed E-state index contributed by atoms with van der Waals surface area (Å²) in [5.74, 6) is -0.357. The van der Waals surface area contributed by atoms with E-state index in [0.29, 0.717) is 16.2 Å². The summed E-state index contributed by atoms with van der Waals surface area (Å²) in [7, 11) is 0. The van der Waals surface area contributed by atoms with E-state index in [1.54, 1.807) is 24.3 Å². The summed E-state index contributed by atoms with van der Waals surface area (Å²) < 4.78 is 13.8. The number of hydrogen-bond acceptors (Lipinski definition) is 3. The Labute approximate surface area is 144 Å². The molecular formula is C19H16FNO2S. The predicted octanol–water partition coefficient (Wildman–Crippen LogP) is 3.93. The fraction of sp³-hybridized carbons (Fsp3) is 0.158. The average Bonchev–Trinajstić information content (AvgIpc) is 2.90. The first-order chi connectivity index (χ1) is 11.6. The Morgan fingerprint density at radius 1 is 1.21 bits per heavy atom. The first-order valence-electron chi connectivity index (χ1n) is 7.54. The van der Waals surface area contributed by atoms with Crippen molar-refractivity contribution in [2.45, 2.75) is 13.5 Å². The van der Waals surface area contributed by atoms with Crippen LogP contribution in [0.15, 0.2) is 59.6 Å². The number of carbonyl (C=O) groups excluding carboxylic acids is 2. The molecule has 3 nitrogen and oxygen atoms in total. The van der Waals surface area contributed by atoms with Gasteiger partial charge < -0.3 is 4.90 Å². The number of aryl methyl sites for hydroxylation is 1. The number of carbonyl (C=O) groups is 2. The van der Waals surface area contributed by atoms with Crippen molar-refractivity contribution in [3.8, 4) is 0 Å². The molecule has 0 N–H and O–H groups in total. The van der Waals surface area contributed by atoms with Gasteiger partial charge in [-0.1, -0.05) is 54.2 Å². The SMILES string of the molecule is Cc1ccccc1C(=O)/C=C1\SCC(=O)N1Cc1ccccc1F. The summed E-state index contributed by atoms with van der Waals surface area (Å²) in [6, 6.07) is 13.7. The molecule has 3 rings (SSSR count). The van der Waals surface area contributed by atoms with Crippen LogP contribution in [0.1, 0.15) is 21.5 Å². The van der Waals surface area contributed by atoms with Crippen molar-refractivity contribution in [2.24, 2.45) is 0 Å². The molecule has 0 aliphatic carbocycles. The van der Waals surface area contributed by atoms with Gasteiger partial charge in [0.15, 0.2) is 5.78 Å². The first-order valence-corrected chi connectivity index (χ1v) is 8.53. The predicted molar refractivity (Wildman–Crippen MR) is 93.0 cm³/mol. The van der Waals surface area contributed by atoms with Gasteiger partial charge in [0.25, 0.3) is 0 Å². The van der Waals surface area contributed by atoms with Crippen LogP contribution in [-0.2, 0) is 11.3 Å². The molecule has 0 saturated carbocycles. The van der Waals surface area contributed by atoms with Gasteiger partial charge in [-0.15, -0.1) is 0 Å². The van der Waals surface area contributed by atoms with Crippen molar-refractivity contribution < 1.29 is 14.0 Å². The van der Waals surface area contributed by atoms with E-state index in [1.807, 2.05) is 25.1 Å². The smallest absolute Gasteiger partial charge is 0.238 e. The van der Waals surface area contributed by atoms with Crippen molar-refractivity contribution in [1.29, 1.82) is 0 Å². The highest BCUT2D eigenvalue weighted by atomic mass is 32.2. The molecule has 2 aromatic rings. The van der Waals surface area contributed by atoms with Crippen molar-refractivity contribution in [2.75, 3.05) is 5.75 Å². The minimum absolute atomic E-state index is 0.118. The fourth-order valence-corrected chi connectivity index (χ4v) is 3.48. The van der Waals surface area contributed by atoms with Crippen LogP contribution in [0.3, 0.4) is 0 Å². The van der Waals surface area contributed by atoms with E-state index in [0.717, 1.165) is 5.56 Å². The molecule has 24 heavy (non-hydrogen) atoms. The molecule has 1 heterocycles. The van der Waals surface area contributed by atoms with E-state index >= 15 is 0 Å². The highest BCUT2D eigenvalue weighted by Crippen LogP contribution is 2.31. The fourth-order valence-electron chi connectivity index (χ4n) is 2.54. The third kappa shape index (κ3) is 3.41. The second-order valence-corrected chi connectivity index (χ2v) is 6.52. The Morgan fingerprint density at radius 3 is 2.67 bits per heavy atom. The Kier molecular flexibility index (Phi) is 4.81. The van der Waals surface area contributed by atoms with Crippen LogP contribution in [0, 0.1) is 12.7 Å². The van der Waals surface area contributed by atoms with E-state index < -0.39 is 0 Å². The monoisotopic (exact) mass is 341 g/mol. The summed E-state index contributed by atoms with van der Waals surface area (Å²) in [4.78, 5) is 26.1. The molecule has 2 aromatic carbocycles. The molecule has 0 aromatic heterocycles. The van der Waals surface area contributed by atoms with Gasteiger partial charge in [-0.2, -0.15) is 0 Å². The minimum Gasteiger partial charge on any atom is -0.301 e. The summed E-state index contributed by atoms with van der Waals surface area (Å²) in [5, 5.41) is 0.566. The van der Waals surface area contributed by atoms with E-state index in [9.17, 15) is 14.0 Å². The molecule has 5 heteroatoms. The van der Waals surface area contributed by atoms with Gasteiger partial charge >= 0.3 is 0 Å². The second-order valence-electron chi connectivity index (χ2n) is 5.52. The van der Waals surface area contributed by atoms with Gasteiger partial charge in [0, 0.05) is 17.2 Å². The molecule has 122 valence electrons. The van der Waals surface area contributed by atoms with E-state index in [4.69, 9.17) is 0 Å². The zero-order valence-electron chi connectivity index (χ0n) is 13.2. The lowest BCUT2D eigenvalue weighted by molar-refractivity contribution is -0.125.